The van der Waals surface area contributed by atoms with Gasteiger partial charge in [0.15, 0.2) is 0 Å². The van der Waals surface area contributed by atoms with Crippen LogP contribution in [0.5, 0.6) is 0 Å². The summed E-state index contributed by atoms with van der Waals surface area (Å²) in [5.74, 6) is -4.23. The molecule has 2 aromatic rings. The van der Waals surface area contributed by atoms with Crippen LogP contribution in [0.2, 0.25) is 5.02 Å². The molecule has 1 aromatic heterocycles. The van der Waals surface area contributed by atoms with Gasteiger partial charge in [-0.2, -0.15) is 18.2 Å². The number of amides is 1. The van der Waals surface area contributed by atoms with Crippen LogP contribution in [0.1, 0.15) is 10.4 Å². The lowest BCUT2D eigenvalue weighted by atomic mass is 10.2. The summed E-state index contributed by atoms with van der Waals surface area (Å²) < 4.78 is 41.1. The molecule has 1 unspecified atom stereocenters. The minimum Gasteiger partial charge on any atom is -0.335 e. The van der Waals surface area contributed by atoms with E-state index in [1.807, 2.05) is 5.32 Å². The van der Waals surface area contributed by atoms with Gasteiger partial charge in [0.1, 0.15) is 0 Å². The summed E-state index contributed by atoms with van der Waals surface area (Å²) in [6.45, 7) is 0. The van der Waals surface area contributed by atoms with Crippen LogP contribution in [0.3, 0.4) is 0 Å². The molecule has 2 rings (SSSR count). The molecule has 1 heterocycles. The van der Waals surface area contributed by atoms with Gasteiger partial charge in [0, 0.05) is 16.8 Å². The van der Waals surface area contributed by atoms with Crippen LogP contribution in [0, 0.1) is 0 Å². The van der Waals surface area contributed by atoms with Crippen molar-refractivity contribution in [1.82, 2.24) is 10.3 Å². The van der Waals surface area contributed by atoms with E-state index < -0.39 is 17.9 Å². The molecule has 0 aliphatic carbocycles. The van der Waals surface area contributed by atoms with Crippen LogP contribution >= 0.6 is 23.8 Å². The van der Waals surface area contributed by atoms with Gasteiger partial charge in [-0.15, -0.1) is 0 Å². The Morgan fingerprint density at radius 1 is 1.24 bits per heavy atom. The summed E-state index contributed by atoms with van der Waals surface area (Å²) in [5.41, 5.74) is -0.0594. The van der Waals surface area contributed by atoms with Crippen LogP contribution < -0.4 is 10.6 Å². The molecule has 0 bridgehead atoms. The minimum atomic E-state index is -5.02. The Hall–Kier alpha value is -2.48. The lowest BCUT2D eigenvalue weighted by molar-refractivity contribution is -0.182. The van der Waals surface area contributed by atoms with E-state index >= 15 is 0 Å². The zero-order valence-electron chi connectivity index (χ0n) is 12.3. The third-order valence-corrected chi connectivity index (χ3v) is 3.35. The van der Waals surface area contributed by atoms with Gasteiger partial charge in [-0.25, -0.2) is 0 Å². The van der Waals surface area contributed by atoms with Crippen LogP contribution in [0.15, 0.2) is 53.8 Å². The molecular weight excluding hydrogens is 377 g/mol. The van der Waals surface area contributed by atoms with Crippen molar-refractivity contribution in [3.63, 3.8) is 0 Å². The number of hydrogen-bond donors (Lipinski definition) is 2. The van der Waals surface area contributed by atoms with E-state index in [4.69, 9.17) is 11.6 Å². The van der Waals surface area contributed by atoms with Gasteiger partial charge in [-0.3, -0.25) is 9.78 Å². The molecular formula is C15H10ClF3N4OS. The zero-order valence-corrected chi connectivity index (χ0v) is 13.9. The number of nitrogens with one attached hydrogen (secondary N) is 2. The fraction of sp³-hybridized carbons (Fsp3) is 0.133. The van der Waals surface area contributed by atoms with Crippen molar-refractivity contribution in [1.29, 1.82) is 0 Å². The average Bonchev–Trinajstić information content (AvgIpc) is 2.55. The fourth-order valence-corrected chi connectivity index (χ4v) is 2.11. The number of carbonyl (C=O) groups excluding carboxylic acids is 1. The number of halogens is 4. The van der Waals surface area contributed by atoms with Gasteiger partial charge in [0.25, 0.3) is 5.91 Å². The number of nitrogens with zero attached hydrogens (tertiary/aromatic N) is 2. The van der Waals surface area contributed by atoms with Crippen LogP contribution in [0.4, 0.5) is 18.9 Å². The van der Waals surface area contributed by atoms with E-state index in [1.165, 1.54) is 42.6 Å². The Balaban J connectivity index is 2.41. The Bertz CT molecular complexity index is 795. The Labute approximate surface area is 150 Å². The zero-order chi connectivity index (χ0) is 18.5. The second kappa shape index (κ2) is 7.60. The van der Waals surface area contributed by atoms with Gasteiger partial charge in [0.05, 0.1) is 17.0 Å². The predicted molar refractivity (Wildman–Crippen MR) is 90.6 cm³/mol. The molecule has 0 saturated heterocycles. The van der Waals surface area contributed by atoms with Gasteiger partial charge >= 0.3 is 12.0 Å². The minimum absolute atomic E-state index is 0.0229. The van der Waals surface area contributed by atoms with Crippen molar-refractivity contribution in [2.75, 3.05) is 5.32 Å². The molecule has 0 saturated carbocycles. The highest BCUT2D eigenvalue weighted by Gasteiger charge is 2.57. The summed E-state index contributed by atoms with van der Waals surface area (Å²) in [5, 5.41) is 5.93. The first-order chi connectivity index (χ1) is 11.8. The average molecular weight is 387 g/mol. The molecule has 0 radical (unpaired) electrons. The number of anilines is 1. The summed E-state index contributed by atoms with van der Waals surface area (Å²) >= 11 is 10.0. The quantitative estimate of drug-likeness (QED) is 0.464. The number of rotatable bonds is 5. The number of thiocarbonyl (C=S) groups is 1. The van der Waals surface area contributed by atoms with Crippen molar-refractivity contribution in [3.8, 4) is 0 Å². The topological polar surface area (TPSA) is 66.4 Å². The molecule has 5 nitrogen and oxygen atoms in total. The molecule has 0 fully saturated rings. The lowest BCUT2D eigenvalue weighted by Crippen LogP contribution is -2.62. The number of aliphatic imine (C=N–C) groups is 1. The van der Waals surface area contributed by atoms with E-state index in [9.17, 15) is 18.0 Å². The van der Waals surface area contributed by atoms with E-state index in [0.29, 0.717) is 5.02 Å². The van der Waals surface area contributed by atoms with E-state index in [1.54, 1.807) is 5.16 Å². The molecule has 10 heteroatoms. The first-order valence-electron chi connectivity index (χ1n) is 6.69. The number of alkyl halides is 3. The Kier molecular flexibility index (Phi) is 5.73. The maximum atomic E-state index is 13.7. The molecule has 1 aromatic carbocycles. The van der Waals surface area contributed by atoms with Gasteiger partial charge < -0.3 is 10.6 Å². The summed E-state index contributed by atoms with van der Waals surface area (Å²) in [6, 6.07) is 8.08. The first kappa shape index (κ1) is 18.9. The third-order valence-electron chi connectivity index (χ3n) is 3.01. The van der Waals surface area contributed by atoms with Crippen LogP contribution in [-0.2, 0) is 0 Å². The number of aromatic nitrogens is 1. The summed E-state index contributed by atoms with van der Waals surface area (Å²) in [6.07, 6.45) is -2.49. The fourth-order valence-electron chi connectivity index (χ4n) is 1.84. The predicted octanol–water partition coefficient (Wildman–Crippen LogP) is 3.90. The number of pyridine rings is 1. The van der Waals surface area contributed by atoms with Crippen molar-refractivity contribution in [3.05, 3.63) is 59.4 Å². The monoisotopic (exact) mass is 386 g/mol. The molecule has 1 atom stereocenters. The van der Waals surface area contributed by atoms with Gasteiger partial charge in [0.2, 0.25) is 0 Å². The summed E-state index contributed by atoms with van der Waals surface area (Å²) in [7, 11) is 0. The van der Waals surface area contributed by atoms with Crippen molar-refractivity contribution in [2.45, 2.75) is 12.0 Å². The molecule has 2 N–H and O–H groups in total. The SMILES string of the molecule is O=C(NC(N=C=S)(Nc1cccnc1)C(F)(F)F)c1ccc(Cl)cc1. The standard InChI is InChI=1S/C15H10ClF3N4OS/c16-11-5-3-10(4-6-11)13(24)23-15(21-9-25,14(17,18)19)22-12-2-1-7-20-8-12/h1-8,22H,(H,23,24). The second-order valence-electron chi connectivity index (χ2n) is 4.74. The number of isothiocyanates is 1. The number of carbonyl (C=O) groups is 1. The second-order valence-corrected chi connectivity index (χ2v) is 5.36. The number of hydrogen-bond acceptors (Lipinski definition) is 5. The van der Waals surface area contributed by atoms with Crippen molar-refractivity contribution < 1.29 is 18.0 Å². The van der Waals surface area contributed by atoms with Crippen molar-refractivity contribution >= 4 is 40.6 Å². The molecule has 0 spiro atoms. The van der Waals surface area contributed by atoms with E-state index in [0.717, 1.165) is 6.20 Å². The maximum Gasteiger partial charge on any atom is 0.454 e. The van der Waals surface area contributed by atoms with Gasteiger partial charge in [-0.05, 0) is 48.6 Å². The van der Waals surface area contributed by atoms with Crippen LogP contribution in [0.25, 0.3) is 0 Å². The normalized spacial score (nSPS) is 13.3. The smallest absolute Gasteiger partial charge is 0.335 e. The molecule has 1 amide bonds. The van der Waals surface area contributed by atoms with Crippen LogP contribution in [-0.4, -0.2) is 28.0 Å². The highest BCUT2D eigenvalue weighted by atomic mass is 35.5. The number of benzene rings is 1. The van der Waals surface area contributed by atoms with E-state index in [-0.39, 0.29) is 11.3 Å². The third kappa shape index (κ3) is 4.54. The highest BCUT2D eigenvalue weighted by Crippen LogP contribution is 2.33. The first-order valence-corrected chi connectivity index (χ1v) is 7.48. The Morgan fingerprint density at radius 3 is 2.44 bits per heavy atom. The molecule has 0 aliphatic heterocycles. The highest BCUT2D eigenvalue weighted by molar-refractivity contribution is 7.78. The molecule has 130 valence electrons. The Morgan fingerprint density at radius 2 is 1.92 bits per heavy atom. The largest absolute Gasteiger partial charge is 0.454 e. The molecule has 0 aliphatic rings. The van der Waals surface area contributed by atoms with E-state index in [2.05, 4.69) is 27.5 Å². The van der Waals surface area contributed by atoms with Gasteiger partial charge in [-0.1, -0.05) is 11.6 Å². The molecule has 25 heavy (non-hydrogen) atoms. The van der Waals surface area contributed by atoms with Crippen molar-refractivity contribution in [2.24, 2.45) is 4.99 Å². The maximum absolute atomic E-state index is 13.7. The summed E-state index contributed by atoms with van der Waals surface area (Å²) in [4.78, 5) is 19.1. The lowest BCUT2D eigenvalue weighted by Gasteiger charge is -2.33.